The zero-order chi connectivity index (χ0) is 18.3. The van der Waals surface area contributed by atoms with Crippen molar-refractivity contribution in [1.29, 1.82) is 0 Å². The maximum Gasteiger partial charge on any atom is 0.414 e. The monoisotopic (exact) mass is 334 g/mol. The Labute approximate surface area is 142 Å². The van der Waals surface area contributed by atoms with Crippen molar-refractivity contribution in [3.8, 4) is 12.5 Å². The summed E-state index contributed by atoms with van der Waals surface area (Å²) in [6, 6.07) is 3.54. The molecule has 0 aliphatic heterocycles. The average Bonchev–Trinajstić information content (AvgIpc) is 2.49. The smallest absolute Gasteiger partial charge is 0.414 e. The molecule has 1 aromatic rings. The number of hydrogen-bond donors (Lipinski definition) is 1. The third kappa shape index (κ3) is 5.80. The van der Waals surface area contributed by atoms with Crippen LogP contribution in [0.4, 0.5) is 14.9 Å². The van der Waals surface area contributed by atoms with E-state index in [0.29, 0.717) is 17.8 Å². The molecule has 0 aromatic carbocycles. The van der Waals surface area contributed by atoms with Crippen LogP contribution in [-0.4, -0.2) is 28.6 Å². The molecule has 0 saturated heterocycles. The Bertz CT molecular complexity index is 647. The third-order valence-electron chi connectivity index (χ3n) is 2.89. The number of amides is 1. The Morgan fingerprint density at radius 3 is 2.67 bits per heavy atom. The van der Waals surface area contributed by atoms with Crippen molar-refractivity contribution in [3.05, 3.63) is 36.2 Å². The summed E-state index contributed by atoms with van der Waals surface area (Å²) in [6.07, 6.45) is 9.47. The van der Waals surface area contributed by atoms with Gasteiger partial charge < -0.3 is 4.74 Å². The van der Waals surface area contributed by atoms with Crippen LogP contribution in [0.25, 0.3) is 0 Å². The van der Waals surface area contributed by atoms with E-state index in [9.17, 15) is 9.18 Å². The van der Waals surface area contributed by atoms with Crippen molar-refractivity contribution in [2.45, 2.75) is 39.7 Å². The van der Waals surface area contributed by atoms with E-state index >= 15 is 0 Å². The first kappa shape index (κ1) is 19.3. The second kappa shape index (κ2) is 8.20. The summed E-state index contributed by atoms with van der Waals surface area (Å²) in [5, 5.41) is 1.41. The number of allylic oxidation sites excluding steroid dienone is 1. The molecular weight excluding hydrogens is 311 g/mol. The Kier molecular flexibility index (Phi) is 6.59. The summed E-state index contributed by atoms with van der Waals surface area (Å²) in [7, 11) is 1.60. The van der Waals surface area contributed by atoms with E-state index in [0.717, 1.165) is 6.20 Å². The molecule has 0 saturated carbocycles. The molecule has 0 atom stereocenters. The van der Waals surface area contributed by atoms with E-state index in [-0.39, 0.29) is 0 Å². The Hall–Kier alpha value is -2.75. The molecule has 130 valence electrons. The summed E-state index contributed by atoms with van der Waals surface area (Å²) in [4.78, 5) is 17.4. The number of halogens is 1. The van der Waals surface area contributed by atoms with Gasteiger partial charge in [-0.1, -0.05) is 13.3 Å². The van der Waals surface area contributed by atoms with E-state index in [1.807, 2.05) is 6.92 Å². The van der Waals surface area contributed by atoms with Gasteiger partial charge in [-0.05, 0) is 27.2 Å². The Balaban J connectivity index is 3.09. The summed E-state index contributed by atoms with van der Waals surface area (Å²) in [5.74, 6) is -0.497. The second-order valence-corrected chi connectivity index (χ2v) is 6.00. The number of terminal acetylenes is 1. The number of nitrogens with one attached hydrogen (secondary N) is 1. The molecule has 0 unspecified atom stereocenters. The van der Waals surface area contributed by atoms with Crippen LogP contribution in [-0.2, 0) is 4.74 Å². The zero-order valence-electron chi connectivity index (χ0n) is 14.6. The number of carbonyl (C=O) groups excluding carboxylic acids is 1. The number of ether oxygens (including phenoxy) is 1. The highest BCUT2D eigenvalue weighted by Gasteiger charge is 2.22. The molecule has 1 aromatic heterocycles. The number of aromatic nitrogens is 1. The highest BCUT2D eigenvalue weighted by molar-refractivity contribution is 5.70. The van der Waals surface area contributed by atoms with Gasteiger partial charge in [0, 0.05) is 31.1 Å². The molecule has 0 spiro atoms. The van der Waals surface area contributed by atoms with Crippen LogP contribution in [0, 0.1) is 18.3 Å². The molecule has 1 heterocycles. The van der Waals surface area contributed by atoms with E-state index < -0.39 is 17.5 Å². The van der Waals surface area contributed by atoms with E-state index in [2.05, 4.69) is 16.5 Å². The molecule has 6 nitrogen and oxygen atoms in total. The largest absolute Gasteiger partial charge is 0.443 e. The quantitative estimate of drug-likeness (QED) is 0.509. The van der Waals surface area contributed by atoms with Crippen molar-refractivity contribution in [2.75, 3.05) is 12.1 Å². The zero-order valence-corrected chi connectivity index (χ0v) is 14.6. The molecular formula is C17H23FN4O2. The maximum atomic E-state index is 13.4. The lowest BCUT2D eigenvalue weighted by Crippen LogP contribution is -2.36. The fourth-order valence-electron chi connectivity index (χ4n) is 1.79. The third-order valence-corrected chi connectivity index (χ3v) is 2.89. The van der Waals surface area contributed by atoms with Crippen LogP contribution >= 0.6 is 0 Å². The topological polar surface area (TPSA) is 57.7 Å². The number of carbonyl (C=O) groups is 1. The number of hydrogen-bond acceptors (Lipinski definition) is 5. The maximum absolute atomic E-state index is 13.4. The first-order valence-corrected chi connectivity index (χ1v) is 7.46. The van der Waals surface area contributed by atoms with Gasteiger partial charge in [0.15, 0.2) is 0 Å². The Morgan fingerprint density at radius 1 is 1.50 bits per heavy atom. The standard InChI is InChI=1S/C17H23FN4O2/c1-7-14(21(6)16(23)24-17(3,4)5)12-22(20-8-2)15-9-13(18)10-19-11-15/h2,9-12,20H,7H2,1,3-6H3/b14-12+. The minimum Gasteiger partial charge on any atom is -0.443 e. The molecule has 1 rings (SSSR count). The van der Waals surface area contributed by atoms with Crippen LogP contribution in [0.5, 0.6) is 0 Å². The summed E-state index contributed by atoms with van der Waals surface area (Å²) < 4.78 is 18.7. The predicted octanol–water partition coefficient (Wildman–Crippen LogP) is 3.24. The molecule has 0 aliphatic rings. The first-order valence-electron chi connectivity index (χ1n) is 7.46. The number of nitrogens with zero attached hydrogens (tertiary/aromatic N) is 3. The van der Waals surface area contributed by atoms with E-state index in [4.69, 9.17) is 11.2 Å². The van der Waals surface area contributed by atoms with Gasteiger partial charge in [0.1, 0.15) is 11.4 Å². The minimum atomic E-state index is -0.604. The summed E-state index contributed by atoms with van der Waals surface area (Å²) in [5.41, 5.74) is 3.05. The van der Waals surface area contributed by atoms with E-state index in [1.54, 1.807) is 34.0 Å². The predicted molar refractivity (Wildman–Crippen MR) is 91.0 cm³/mol. The van der Waals surface area contributed by atoms with Crippen LogP contribution < -0.4 is 10.4 Å². The van der Waals surface area contributed by atoms with Gasteiger partial charge in [-0.3, -0.25) is 20.3 Å². The molecule has 0 fully saturated rings. The van der Waals surface area contributed by atoms with Gasteiger partial charge in [-0.25, -0.2) is 9.18 Å². The van der Waals surface area contributed by atoms with Gasteiger partial charge >= 0.3 is 6.09 Å². The van der Waals surface area contributed by atoms with Crippen LogP contribution in [0.15, 0.2) is 30.4 Å². The summed E-state index contributed by atoms with van der Waals surface area (Å²) >= 11 is 0. The number of rotatable bonds is 5. The van der Waals surface area contributed by atoms with E-state index in [1.165, 1.54) is 22.2 Å². The summed E-state index contributed by atoms with van der Waals surface area (Å²) in [6.45, 7) is 7.25. The van der Waals surface area contributed by atoms with Gasteiger partial charge in [0.25, 0.3) is 0 Å². The number of pyridine rings is 1. The van der Waals surface area contributed by atoms with Crippen molar-refractivity contribution in [2.24, 2.45) is 0 Å². The average molecular weight is 334 g/mol. The highest BCUT2D eigenvalue weighted by atomic mass is 19.1. The van der Waals surface area contributed by atoms with Gasteiger partial charge in [0.05, 0.1) is 18.1 Å². The van der Waals surface area contributed by atoms with Crippen LogP contribution in [0.2, 0.25) is 0 Å². The number of hydrazine groups is 1. The molecule has 1 N–H and O–H groups in total. The highest BCUT2D eigenvalue weighted by Crippen LogP contribution is 2.18. The molecule has 0 bridgehead atoms. The number of anilines is 1. The lowest BCUT2D eigenvalue weighted by Gasteiger charge is -2.27. The lowest BCUT2D eigenvalue weighted by molar-refractivity contribution is 0.0348. The molecule has 1 amide bonds. The van der Waals surface area contributed by atoms with Gasteiger partial charge in [-0.15, -0.1) is 0 Å². The Morgan fingerprint density at radius 2 is 2.17 bits per heavy atom. The van der Waals surface area contributed by atoms with Crippen molar-refractivity contribution < 1.29 is 13.9 Å². The van der Waals surface area contributed by atoms with Gasteiger partial charge in [-0.2, -0.15) is 0 Å². The first-order chi connectivity index (χ1) is 11.2. The minimum absolute atomic E-state index is 0.400. The van der Waals surface area contributed by atoms with Crippen LogP contribution in [0.3, 0.4) is 0 Å². The van der Waals surface area contributed by atoms with Gasteiger partial charge in [0.2, 0.25) is 0 Å². The molecule has 0 radical (unpaired) electrons. The molecule has 0 aliphatic carbocycles. The lowest BCUT2D eigenvalue weighted by atomic mass is 10.2. The normalized spacial score (nSPS) is 11.5. The SMILES string of the molecule is C#CNN(/C=C(\CC)N(C)C(=O)OC(C)(C)C)c1cncc(F)c1. The molecule has 24 heavy (non-hydrogen) atoms. The molecule has 7 heteroatoms. The van der Waals surface area contributed by atoms with Crippen molar-refractivity contribution >= 4 is 11.8 Å². The van der Waals surface area contributed by atoms with Crippen molar-refractivity contribution in [1.82, 2.24) is 15.3 Å². The fraction of sp³-hybridized carbons (Fsp3) is 0.412. The fourth-order valence-corrected chi connectivity index (χ4v) is 1.79. The second-order valence-electron chi connectivity index (χ2n) is 6.00. The van der Waals surface area contributed by atoms with Crippen molar-refractivity contribution in [3.63, 3.8) is 0 Å². The van der Waals surface area contributed by atoms with Crippen LogP contribution in [0.1, 0.15) is 34.1 Å².